The summed E-state index contributed by atoms with van der Waals surface area (Å²) in [4.78, 5) is 3.64. The van der Waals surface area contributed by atoms with Gasteiger partial charge in [-0.25, -0.2) is 17.2 Å². The Labute approximate surface area is 142 Å². The SMILES string of the molecule is [C-]#[N+]c1ccc2c(c1)c(I)cn2S(=O)(=O)c1ccc(C)cc1. The first kappa shape index (κ1) is 15.1. The molecule has 0 saturated carbocycles. The van der Waals surface area contributed by atoms with Gasteiger partial charge in [0.2, 0.25) is 0 Å². The van der Waals surface area contributed by atoms with Crippen LogP contribution in [0.2, 0.25) is 0 Å². The number of hydrogen-bond acceptors (Lipinski definition) is 2. The van der Waals surface area contributed by atoms with Gasteiger partial charge in [-0.3, -0.25) is 0 Å². The minimum absolute atomic E-state index is 0.251. The zero-order valence-corrected chi connectivity index (χ0v) is 14.6. The van der Waals surface area contributed by atoms with Gasteiger partial charge in [0.05, 0.1) is 17.0 Å². The summed E-state index contributed by atoms with van der Waals surface area (Å²) in [5, 5.41) is 0.768. The monoisotopic (exact) mass is 422 g/mol. The lowest BCUT2D eigenvalue weighted by Crippen LogP contribution is -2.11. The molecule has 0 N–H and O–H groups in total. The van der Waals surface area contributed by atoms with Gasteiger partial charge in [0.25, 0.3) is 10.0 Å². The minimum atomic E-state index is -3.65. The van der Waals surface area contributed by atoms with Crippen molar-refractivity contribution in [2.45, 2.75) is 11.8 Å². The molecule has 6 heteroatoms. The van der Waals surface area contributed by atoms with Gasteiger partial charge >= 0.3 is 0 Å². The summed E-state index contributed by atoms with van der Waals surface area (Å²) < 4.78 is 27.7. The van der Waals surface area contributed by atoms with E-state index in [2.05, 4.69) is 27.4 Å². The second kappa shape index (κ2) is 5.41. The van der Waals surface area contributed by atoms with Crippen LogP contribution >= 0.6 is 22.6 Å². The largest absolute Gasteiger partial charge is 0.268 e. The topological polar surface area (TPSA) is 43.4 Å². The number of aromatic nitrogens is 1. The zero-order chi connectivity index (χ0) is 15.9. The second-order valence-electron chi connectivity index (χ2n) is 4.90. The van der Waals surface area contributed by atoms with Crippen LogP contribution in [0.25, 0.3) is 15.7 Å². The fourth-order valence-corrected chi connectivity index (χ4v) is 4.51. The van der Waals surface area contributed by atoms with E-state index in [0.717, 1.165) is 14.5 Å². The molecule has 0 amide bonds. The standard InChI is InChI=1S/C16H11IN2O2S/c1-11-3-6-13(7-4-11)22(20,21)19-10-15(17)14-9-12(18-2)5-8-16(14)19/h3-10H,1H3. The van der Waals surface area contributed by atoms with E-state index in [4.69, 9.17) is 6.57 Å². The molecule has 0 fully saturated rings. The van der Waals surface area contributed by atoms with E-state index < -0.39 is 10.0 Å². The van der Waals surface area contributed by atoms with Gasteiger partial charge in [-0.05, 0) is 53.8 Å². The van der Waals surface area contributed by atoms with Crippen molar-refractivity contribution in [3.05, 3.63) is 69.2 Å². The molecule has 0 unspecified atom stereocenters. The molecule has 1 heterocycles. The van der Waals surface area contributed by atoms with E-state index in [1.807, 2.05) is 6.92 Å². The second-order valence-corrected chi connectivity index (χ2v) is 7.88. The Morgan fingerprint density at radius 3 is 2.45 bits per heavy atom. The minimum Gasteiger partial charge on any atom is -0.240 e. The third-order valence-electron chi connectivity index (χ3n) is 3.41. The number of nitrogens with zero attached hydrogens (tertiary/aromatic N) is 2. The van der Waals surface area contributed by atoms with Crippen LogP contribution in [0.1, 0.15) is 5.56 Å². The van der Waals surface area contributed by atoms with Crippen LogP contribution in [0.4, 0.5) is 5.69 Å². The van der Waals surface area contributed by atoms with E-state index in [1.165, 1.54) is 3.97 Å². The Hall–Kier alpha value is -1.85. The molecule has 0 aliphatic rings. The zero-order valence-electron chi connectivity index (χ0n) is 11.6. The molecule has 3 rings (SSSR count). The summed E-state index contributed by atoms with van der Waals surface area (Å²) >= 11 is 2.09. The Kier molecular flexibility index (Phi) is 3.70. The van der Waals surface area contributed by atoms with Crippen LogP contribution in [0.3, 0.4) is 0 Å². The fraction of sp³-hybridized carbons (Fsp3) is 0.0625. The highest BCUT2D eigenvalue weighted by Gasteiger charge is 2.20. The highest BCUT2D eigenvalue weighted by atomic mass is 127. The number of hydrogen-bond donors (Lipinski definition) is 0. The van der Waals surface area contributed by atoms with Crippen LogP contribution in [0.15, 0.2) is 53.6 Å². The molecular weight excluding hydrogens is 411 g/mol. The Balaban J connectivity index is 2.26. The summed E-state index contributed by atoms with van der Waals surface area (Å²) in [6, 6.07) is 11.8. The lowest BCUT2D eigenvalue weighted by Gasteiger charge is -2.08. The lowest BCUT2D eigenvalue weighted by atomic mass is 10.2. The molecule has 1 aromatic heterocycles. The van der Waals surface area contributed by atoms with Gasteiger partial charge in [-0.15, -0.1) is 0 Å². The lowest BCUT2D eigenvalue weighted by molar-refractivity contribution is 0.589. The maximum absolute atomic E-state index is 12.8. The molecule has 0 bridgehead atoms. The fourth-order valence-electron chi connectivity index (χ4n) is 2.24. The Morgan fingerprint density at radius 1 is 1.14 bits per heavy atom. The van der Waals surface area contributed by atoms with Crippen LogP contribution in [0.5, 0.6) is 0 Å². The van der Waals surface area contributed by atoms with E-state index in [-0.39, 0.29) is 4.90 Å². The molecule has 2 aromatic carbocycles. The molecule has 0 saturated heterocycles. The number of aryl methyl sites for hydroxylation is 1. The molecule has 0 radical (unpaired) electrons. The third-order valence-corrected chi connectivity index (χ3v) is 5.96. The predicted octanol–water partition coefficient (Wildman–Crippen LogP) is 4.34. The van der Waals surface area contributed by atoms with Gasteiger partial charge < -0.3 is 0 Å². The summed E-state index contributed by atoms with van der Waals surface area (Å²) in [6.07, 6.45) is 1.59. The molecular formula is C16H11IN2O2S. The van der Waals surface area contributed by atoms with Crippen molar-refractivity contribution in [3.63, 3.8) is 0 Å². The first-order chi connectivity index (χ1) is 10.4. The van der Waals surface area contributed by atoms with E-state index in [1.54, 1.807) is 48.7 Å². The molecule has 0 aliphatic heterocycles. The quantitative estimate of drug-likeness (QED) is 0.456. The predicted molar refractivity (Wildman–Crippen MR) is 94.7 cm³/mol. The van der Waals surface area contributed by atoms with Gasteiger partial charge in [-0.1, -0.05) is 23.8 Å². The molecule has 0 aliphatic carbocycles. The van der Waals surface area contributed by atoms with Gasteiger partial charge in [0, 0.05) is 15.2 Å². The van der Waals surface area contributed by atoms with Crippen LogP contribution in [-0.4, -0.2) is 12.4 Å². The first-order valence-corrected chi connectivity index (χ1v) is 8.95. The van der Waals surface area contributed by atoms with Gasteiger partial charge in [-0.2, -0.15) is 0 Å². The van der Waals surface area contributed by atoms with Crippen molar-refractivity contribution in [2.24, 2.45) is 0 Å². The number of halogens is 1. The third kappa shape index (κ3) is 2.40. The van der Waals surface area contributed by atoms with Crippen LogP contribution < -0.4 is 0 Å². The molecule has 0 atom stereocenters. The van der Waals surface area contributed by atoms with Crippen molar-refractivity contribution < 1.29 is 8.42 Å². The van der Waals surface area contributed by atoms with Gasteiger partial charge in [0.1, 0.15) is 0 Å². The number of benzene rings is 2. The van der Waals surface area contributed by atoms with Crippen molar-refractivity contribution in [3.8, 4) is 0 Å². The normalized spacial score (nSPS) is 11.5. The molecule has 22 heavy (non-hydrogen) atoms. The van der Waals surface area contributed by atoms with Crippen molar-refractivity contribution >= 4 is 49.2 Å². The Morgan fingerprint density at radius 2 is 1.82 bits per heavy atom. The van der Waals surface area contributed by atoms with Crippen molar-refractivity contribution in [2.75, 3.05) is 0 Å². The number of fused-ring (bicyclic) bond motifs is 1. The van der Waals surface area contributed by atoms with E-state index >= 15 is 0 Å². The smallest absolute Gasteiger partial charge is 0.240 e. The van der Waals surface area contributed by atoms with E-state index in [9.17, 15) is 8.42 Å². The highest BCUT2D eigenvalue weighted by Crippen LogP contribution is 2.30. The maximum Gasteiger partial charge on any atom is 0.268 e. The van der Waals surface area contributed by atoms with Crippen LogP contribution in [-0.2, 0) is 10.0 Å². The summed E-state index contributed by atoms with van der Waals surface area (Å²) in [6.45, 7) is 8.98. The first-order valence-electron chi connectivity index (χ1n) is 6.44. The molecule has 110 valence electrons. The average molecular weight is 422 g/mol. The molecule has 4 nitrogen and oxygen atoms in total. The number of rotatable bonds is 2. The summed E-state index contributed by atoms with van der Waals surface area (Å²) in [5.74, 6) is 0. The maximum atomic E-state index is 12.8. The van der Waals surface area contributed by atoms with Crippen molar-refractivity contribution in [1.82, 2.24) is 3.97 Å². The van der Waals surface area contributed by atoms with E-state index in [0.29, 0.717) is 11.2 Å². The molecule has 0 spiro atoms. The van der Waals surface area contributed by atoms with Crippen LogP contribution in [0, 0.1) is 17.1 Å². The van der Waals surface area contributed by atoms with Gasteiger partial charge in [0.15, 0.2) is 5.69 Å². The Bertz CT molecular complexity index is 1010. The highest BCUT2D eigenvalue weighted by molar-refractivity contribution is 14.1. The average Bonchev–Trinajstić information content (AvgIpc) is 2.85. The van der Waals surface area contributed by atoms with Crippen molar-refractivity contribution in [1.29, 1.82) is 0 Å². The summed E-state index contributed by atoms with van der Waals surface area (Å²) in [5.41, 5.74) is 2.08. The summed E-state index contributed by atoms with van der Waals surface area (Å²) in [7, 11) is -3.65. The molecule has 3 aromatic rings.